The standard InChI is InChI=1S/C8H12O2/c1-7(2)5-4-6-10-8(3)9/h4-5H,1,6H2,2-3H3/b5-4+. The molecule has 56 valence electrons. The fraction of sp³-hybridized carbons (Fsp3) is 0.375. The largest absolute Gasteiger partial charge is 0.462 e. The van der Waals surface area contributed by atoms with E-state index in [9.17, 15) is 4.79 Å². The highest BCUT2D eigenvalue weighted by atomic mass is 16.5. The molecule has 0 N–H and O–H groups in total. The lowest BCUT2D eigenvalue weighted by molar-refractivity contribution is -0.139. The predicted octanol–water partition coefficient (Wildman–Crippen LogP) is 1.68. The Balaban J connectivity index is 3.36. The van der Waals surface area contributed by atoms with Crippen molar-refractivity contribution < 1.29 is 9.53 Å². The molecule has 2 nitrogen and oxygen atoms in total. The van der Waals surface area contributed by atoms with Crippen LogP contribution in [0, 0.1) is 0 Å². The van der Waals surface area contributed by atoms with E-state index in [-0.39, 0.29) is 5.97 Å². The molecule has 0 saturated carbocycles. The molecular weight excluding hydrogens is 128 g/mol. The first-order valence-corrected chi connectivity index (χ1v) is 3.08. The second-order valence-electron chi connectivity index (χ2n) is 2.05. The Morgan fingerprint density at radius 1 is 1.60 bits per heavy atom. The van der Waals surface area contributed by atoms with Crippen LogP contribution in [0.1, 0.15) is 13.8 Å². The molecule has 0 aromatic heterocycles. The maximum atomic E-state index is 10.2. The number of carbonyl (C=O) groups is 1. The van der Waals surface area contributed by atoms with Crippen LogP contribution in [0.25, 0.3) is 0 Å². The van der Waals surface area contributed by atoms with Gasteiger partial charge in [0, 0.05) is 6.92 Å². The highest BCUT2D eigenvalue weighted by Gasteiger charge is 1.85. The van der Waals surface area contributed by atoms with Gasteiger partial charge in [0.15, 0.2) is 0 Å². The van der Waals surface area contributed by atoms with Crippen LogP contribution < -0.4 is 0 Å². The van der Waals surface area contributed by atoms with E-state index in [1.165, 1.54) is 6.92 Å². The minimum atomic E-state index is -0.258. The molecule has 0 atom stereocenters. The molecular formula is C8H12O2. The Morgan fingerprint density at radius 2 is 2.20 bits per heavy atom. The lowest BCUT2D eigenvalue weighted by atomic mass is 10.3. The highest BCUT2D eigenvalue weighted by Crippen LogP contribution is 1.88. The summed E-state index contributed by atoms with van der Waals surface area (Å²) in [5, 5.41) is 0. The van der Waals surface area contributed by atoms with Gasteiger partial charge in [0.05, 0.1) is 0 Å². The molecule has 0 aliphatic carbocycles. The number of esters is 1. The zero-order valence-electron chi connectivity index (χ0n) is 6.39. The number of carbonyl (C=O) groups excluding carboxylic acids is 1. The van der Waals surface area contributed by atoms with Gasteiger partial charge < -0.3 is 4.74 Å². The van der Waals surface area contributed by atoms with Gasteiger partial charge in [-0.05, 0) is 13.0 Å². The van der Waals surface area contributed by atoms with Crippen LogP contribution in [0.2, 0.25) is 0 Å². The summed E-state index contributed by atoms with van der Waals surface area (Å²) in [6, 6.07) is 0. The van der Waals surface area contributed by atoms with Gasteiger partial charge in [-0.3, -0.25) is 4.79 Å². The third-order valence-corrected chi connectivity index (χ3v) is 0.785. The summed E-state index contributed by atoms with van der Waals surface area (Å²) in [6.07, 6.45) is 3.56. The second kappa shape index (κ2) is 4.79. The van der Waals surface area contributed by atoms with Crippen LogP contribution >= 0.6 is 0 Å². The molecule has 0 aliphatic heterocycles. The van der Waals surface area contributed by atoms with Crippen molar-refractivity contribution in [2.75, 3.05) is 6.61 Å². The van der Waals surface area contributed by atoms with Gasteiger partial charge >= 0.3 is 5.97 Å². The molecule has 0 aromatic carbocycles. The van der Waals surface area contributed by atoms with Crippen LogP contribution in [-0.2, 0) is 9.53 Å². The molecule has 0 saturated heterocycles. The number of ether oxygens (including phenoxy) is 1. The average molecular weight is 140 g/mol. The van der Waals surface area contributed by atoms with Crippen LogP contribution in [0.3, 0.4) is 0 Å². The molecule has 0 fully saturated rings. The maximum absolute atomic E-state index is 10.2. The van der Waals surface area contributed by atoms with Gasteiger partial charge in [0.2, 0.25) is 0 Å². The Kier molecular flexibility index (Phi) is 4.29. The van der Waals surface area contributed by atoms with Crippen LogP contribution in [0.5, 0.6) is 0 Å². The summed E-state index contributed by atoms with van der Waals surface area (Å²) in [7, 11) is 0. The van der Waals surface area contributed by atoms with E-state index in [2.05, 4.69) is 11.3 Å². The Labute approximate surface area is 61.2 Å². The van der Waals surface area contributed by atoms with E-state index in [1.807, 2.05) is 13.0 Å². The van der Waals surface area contributed by atoms with Gasteiger partial charge in [-0.25, -0.2) is 0 Å². The topological polar surface area (TPSA) is 26.3 Å². The fourth-order valence-electron chi connectivity index (χ4n) is 0.415. The van der Waals surface area contributed by atoms with Crippen molar-refractivity contribution in [1.82, 2.24) is 0 Å². The molecule has 0 heterocycles. The van der Waals surface area contributed by atoms with Crippen molar-refractivity contribution in [3.63, 3.8) is 0 Å². The molecule has 0 spiro atoms. The van der Waals surface area contributed by atoms with Crippen molar-refractivity contribution in [2.45, 2.75) is 13.8 Å². The van der Waals surface area contributed by atoms with Crippen LogP contribution in [-0.4, -0.2) is 12.6 Å². The van der Waals surface area contributed by atoms with Gasteiger partial charge in [-0.1, -0.05) is 18.2 Å². The quantitative estimate of drug-likeness (QED) is 0.440. The summed E-state index contributed by atoms with van der Waals surface area (Å²) in [5.74, 6) is -0.258. The van der Waals surface area contributed by atoms with E-state index in [1.54, 1.807) is 6.08 Å². The maximum Gasteiger partial charge on any atom is 0.302 e. The van der Waals surface area contributed by atoms with E-state index < -0.39 is 0 Å². The summed E-state index contributed by atoms with van der Waals surface area (Å²) in [6.45, 7) is 7.24. The zero-order valence-corrected chi connectivity index (χ0v) is 6.39. The van der Waals surface area contributed by atoms with E-state index in [0.717, 1.165) is 5.57 Å². The summed E-state index contributed by atoms with van der Waals surface area (Å²) >= 11 is 0. The van der Waals surface area contributed by atoms with Gasteiger partial charge in [-0.15, -0.1) is 0 Å². The van der Waals surface area contributed by atoms with Crippen molar-refractivity contribution >= 4 is 5.97 Å². The SMILES string of the molecule is C=C(C)/C=C/COC(C)=O. The lowest BCUT2D eigenvalue weighted by Crippen LogP contribution is -1.97. The minimum absolute atomic E-state index is 0.258. The second-order valence-corrected chi connectivity index (χ2v) is 2.05. The number of hydrogen-bond donors (Lipinski definition) is 0. The normalized spacial score (nSPS) is 9.80. The highest BCUT2D eigenvalue weighted by molar-refractivity contribution is 5.65. The molecule has 0 amide bonds. The smallest absolute Gasteiger partial charge is 0.302 e. The van der Waals surface area contributed by atoms with E-state index in [4.69, 9.17) is 0 Å². The monoisotopic (exact) mass is 140 g/mol. The molecule has 0 aliphatic rings. The van der Waals surface area contributed by atoms with Crippen molar-refractivity contribution in [3.05, 3.63) is 24.3 Å². The predicted molar refractivity (Wildman–Crippen MR) is 40.6 cm³/mol. The Bertz CT molecular complexity index is 157. The van der Waals surface area contributed by atoms with Crippen molar-refractivity contribution in [1.29, 1.82) is 0 Å². The molecule has 0 aromatic rings. The van der Waals surface area contributed by atoms with Gasteiger partial charge in [0.1, 0.15) is 6.61 Å². The molecule has 0 unspecified atom stereocenters. The van der Waals surface area contributed by atoms with Crippen molar-refractivity contribution in [3.8, 4) is 0 Å². The minimum Gasteiger partial charge on any atom is -0.462 e. The summed E-state index contributed by atoms with van der Waals surface area (Å²) < 4.78 is 4.63. The third-order valence-electron chi connectivity index (χ3n) is 0.785. The van der Waals surface area contributed by atoms with Crippen LogP contribution in [0.4, 0.5) is 0 Å². The summed E-state index contributed by atoms with van der Waals surface area (Å²) in [5.41, 5.74) is 0.951. The van der Waals surface area contributed by atoms with Crippen LogP contribution in [0.15, 0.2) is 24.3 Å². The van der Waals surface area contributed by atoms with Gasteiger partial charge in [0.25, 0.3) is 0 Å². The van der Waals surface area contributed by atoms with E-state index >= 15 is 0 Å². The molecule has 2 heteroatoms. The van der Waals surface area contributed by atoms with E-state index in [0.29, 0.717) is 6.61 Å². The first-order valence-electron chi connectivity index (χ1n) is 3.08. The first kappa shape index (κ1) is 8.95. The first-order chi connectivity index (χ1) is 4.63. The van der Waals surface area contributed by atoms with Gasteiger partial charge in [-0.2, -0.15) is 0 Å². The summed E-state index contributed by atoms with van der Waals surface area (Å²) in [4.78, 5) is 10.2. The Morgan fingerprint density at radius 3 is 2.60 bits per heavy atom. The third kappa shape index (κ3) is 6.95. The van der Waals surface area contributed by atoms with Crippen molar-refractivity contribution in [2.24, 2.45) is 0 Å². The molecule has 0 rings (SSSR count). The Hall–Kier alpha value is -1.05. The number of rotatable bonds is 3. The zero-order chi connectivity index (χ0) is 7.98. The lowest BCUT2D eigenvalue weighted by Gasteiger charge is -1.93. The molecule has 0 bridgehead atoms. The fourth-order valence-corrected chi connectivity index (χ4v) is 0.415. The molecule has 0 radical (unpaired) electrons. The number of allylic oxidation sites excluding steroid dienone is 2. The average Bonchev–Trinajstić information content (AvgIpc) is 1.79. The molecule has 10 heavy (non-hydrogen) atoms. The number of hydrogen-bond acceptors (Lipinski definition) is 2.